The number of esters is 1. The van der Waals surface area contributed by atoms with E-state index in [1.54, 1.807) is 29.0 Å². The first kappa shape index (κ1) is 17.9. The molecule has 0 unspecified atom stereocenters. The molecule has 3 aromatic rings. The van der Waals surface area contributed by atoms with Crippen molar-refractivity contribution in [3.8, 4) is 11.1 Å². The zero-order valence-electron chi connectivity index (χ0n) is 13.9. The molecular formula is C19H15BrN2O4. The number of benzene rings is 2. The second-order valence-electron chi connectivity index (χ2n) is 5.63. The molecule has 0 saturated carbocycles. The summed E-state index contributed by atoms with van der Waals surface area (Å²) in [6, 6.07) is 16.1. The molecule has 132 valence electrons. The molecular weight excluding hydrogens is 400 g/mol. The van der Waals surface area contributed by atoms with E-state index < -0.39 is 10.9 Å². The molecule has 3 rings (SSSR count). The van der Waals surface area contributed by atoms with Gasteiger partial charge in [-0.1, -0.05) is 46.3 Å². The number of nitro groups is 1. The van der Waals surface area contributed by atoms with Crippen LogP contribution in [0.4, 0.5) is 5.69 Å². The number of hydrogen-bond donors (Lipinski definition) is 0. The fourth-order valence-electron chi connectivity index (χ4n) is 2.75. The van der Waals surface area contributed by atoms with E-state index >= 15 is 0 Å². The summed E-state index contributed by atoms with van der Waals surface area (Å²) in [5.41, 5.74) is 2.60. The number of methoxy groups -OCH3 is 1. The van der Waals surface area contributed by atoms with Crippen molar-refractivity contribution in [3.05, 3.63) is 86.6 Å². The lowest BCUT2D eigenvalue weighted by Gasteiger charge is -2.09. The number of aromatic nitrogens is 1. The smallest absolute Gasteiger partial charge is 0.354 e. The van der Waals surface area contributed by atoms with E-state index in [-0.39, 0.29) is 12.2 Å². The van der Waals surface area contributed by atoms with Crippen molar-refractivity contribution in [2.45, 2.75) is 6.54 Å². The third-order valence-electron chi connectivity index (χ3n) is 3.98. The fourth-order valence-corrected chi connectivity index (χ4v) is 3.16. The Kier molecular flexibility index (Phi) is 5.18. The van der Waals surface area contributed by atoms with Crippen LogP contribution in [0.5, 0.6) is 0 Å². The van der Waals surface area contributed by atoms with E-state index in [1.807, 2.05) is 30.3 Å². The SMILES string of the molecule is COC(=O)c1cc(-c2ccccc2)cn1Cc1cc(Br)ccc1[N+](=O)[O-]. The van der Waals surface area contributed by atoms with E-state index in [0.717, 1.165) is 15.6 Å². The largest absolute Gasteiger partial charge is 0.464 e. The zero-order chi connectivity index (χ0) is 18.7. The molecule has 0 fully saturated rings. The summed E-state index contributed by atoms with van der Waals surface area (Å²) in [5.74, 6) is -0.496. The van der Waals surface area contributed by atoms with E-state index in [1.165, 1.54) is 13.2 Å². The lowest BCUT2D eigenvalue weighted by Crippen LogP contribution is -2.11. The molecule has 0 aliphatic rings. The van der Waals surface area contributed by atoms with E-state index in [4.69, 9.17) is 4.74 Å². The molecule has 0 bridgehead atoms. The quantitative estimate of drug-likeness (QED) is 0.345. The van der Waals surface area contributed by atoms with Crippen molar-refractivity contribution in [1.82, 2.24) is 4.57 Å². The van der Waals surface area contributed by atoms with Gasteiger partial charge in [0.1, 0.15) is 5.69 Å². The van der Waals surface area contributed by atoms with Crippen LogP contribution in [0, 0.1) is 10.1 Å². The Morgan fingerprint density at radius 1 is 1.15 bits per heavy atom. The van der Waals surface area contributed by atoms with Gasteiger partial charge in [0.15, 0.2) is 0 Å². The molecule has 1 aromatic heterocycles. The molecule has 1 heterocycles. The van der Waals surface area contributed by atoms with Gasteiger partial charge in [-0.15, -0.1) is 0 Å². The van der Waals surface area contributed by atoms with E-state index in [2.05, 4.69) is 15.9 Å². The topological polar surface area (TPSA) is 74.4 Å². The van der Waals surface area contributed by atoms with Crippen molar-refractivity contribution in [1.29, 1.82) is 0 Å². The molecule has 0 atom stereocenters. The maximum absolute atomic E-state index is 12.2. The molecule has 0 N–H and O–H groups in total. The molecule has 0 amide bonds. The number of hydrogen-bond acceptors (Lipinski definition) is 4. The van der Waals surface area contributed by atoms with Gasteiger partial charge in [-0.3, -0.25) is 10.1 Å². The summed E-state index contributed by atoms with van der Waals surface area (Å²) in [6.07, 6.45) is 1.80. The minimum absolute atomic E-state index is 0.000947. The fraction of sp³-hybridized carbons (Fsp3) is 0.105. The van der Waals surface area contributed by atoms with Crippen LogP contribution in [0.1, 0.15) is 16.1 Å². The van der Waals surface area contributed by atoms with Crippen molar-refractivity contribution >= 4 is 27.6 Å². The third-order valence-corrected chi connectivity index (χ3v) is 4.47. The van der Waals surface area contributed by atoms with Gasteiger partial charge in [0, 0.05) is 22.3 Å². The monoisotopic (exact) mass is 414 g/mol. The van der Waals surface area contributed by atoms with Crippen LogP contribution in [-0.2, 0) is 11.3 Å². The first-order valence-electron chi connectivity index (χ1n) is 7.76. The summed E-state index contributed by atoms with van der Waals surface area (Å²) in [7, 11) is 1.31. The first-order valence-corrected chi connectivity index (χ1v) is 8.55. The van der Waals surface area contributed by atoms with Crippen LogP contribution in [0.2, 0.25) is 0 Å². The maximum atomic E-state index is 12.2. The average molecular weight is 415 g/mol. The van der Waals surface area contributed by atoms with Gasteiger partial charge < -0.3 is 9.30 Å². The normalized spacial score (nSPS) is 10.5. The van der Waals surface area contributed by atoms with Crippen molar-refractivity contribution in [3.63, 3.8) is 0 Å². The van der Waals surface area contributed by atoms with Crippen LogP contribution in [0.15, 0.2) is 65.3 Å². The highest BCUT2D eigenvalue weighted by Crippen LogP contribution is 2.27. The molecule has 0 spiro atoms. The van der Waals surface area contributed by atoms with Crippen LogP contribution < -0.4 is 0 Å². The van der Waals surface area contributed by atoms with E-state index in [0.29, 0.717) is 11.3 Å². The standard InChI is InChI=1S/C19H15BrN2O4/c1-26-19(23)18-10-14(13-5-3-2-4-6-13)11-21(18)12-15-9-16(20)7-8-17(15)22(24)25/h2-11H,12H2,1H3. The lowest BCUT2D eigenvalue weighted by molar-refractivity contribution is -0.385. The highest BCUT2D eigenvalue weighted by Gasteiger charge is 2.19. The maximum Gasteiger partial charge on any atom is 0.354 e. The Morgan fingerprint density at radius 3 is 2.54 bits per heavy atom. The minimum atomic E-state index is -0.496. The third kappa shape index (κ3) is 3.67. The van der Waals surface area contributed by atoms with Gasteiger partial charge in [-0.25, -0.2) is 4.79 Å². The second-order valence-corrected chi connectivity index (χ2v) is 6.55. The number of ether oxygens (including phenoxy) is 1. The molecule has 2 aromatic carbocycles. The first-order chi connectivity index (χ1) is 12.5. The number of carbonyl (C=O) groups excluding carboxylic acids is 1. The van der Waals surface area contributed by atoms with Crippen LogP contribution >= 0.6 is 15.9 Å². The number of halogens is 1. The van der Waals surface area contributed by atoms with Crippen molar-refractivity contribution in [2.75, 3.05) is 7.11 Å². The highest BCUT2D eigenvalue weighted by atomic mass is 79.9. The highest BCUT2D eigenvalue weighted by molar-refractivity contribution is 9.10. The second kappa shape index (κ2) is 7.53. The summed E-state index contributed by atoms with van der Waals surface area (Å²) in [4.78, 5) is 23.1. The Balaban J connectivity index is 2.07. The number of carbonyl (C=O) groups is 1. The van der Waals surface area contributed by atoms with Crippen LogP contribution in [-0.4, -0.2) is 22.6 Å². The van der Waals surface area contributed by atoms with Crippen molar-refractivity contribution < 1.29 is 14.5 Å². The van der Waals surface area contributed by atoms with Gasteiger partial charge in [-0.2, -0.15) is 0 Å². The Morgan fingerprint density at radius 2 is 1.88 bits per heavy atom. The Labute approximate surface area is 158 Å². The number of rotatable bonds is 5. The predicted octanol–water partition coefficient (Wildman–Crippen LogP) is 4.66. The van der Waals surface area contributed by atoms with Crippen LogP contribution in [0.3, 0.4) is 0 Å². The van der Waals surface area contributed by atoms with Gasteiger partial charge in [0.2, 0.25) is 0 Å². The van der Waals surface area contributed by atoms with Gasteiger partial charge >= 0.3 is 5.97 Å². The van der Waals surface area contributed by atoms with Crippen LogP contribution in [0.25, 0.3) is 11.1 Å². The molecule has 26 heavy (non-hydrogen) atoms. The van der Waals surface area contributed by atoms with Crippen molar-refractivity contribution in [2.24, 2.45) is 0 Å². The summed E-state index contributed by atoms with van der Waals surface area (Å²) in [5, 5.41) is 11.3. The summed E-state index contributed by atoms with van der Waals surface area (Å²) >= 11 is 3.34. The minimum Gasteiger partial charge on any atom is -0.464 e. The molecule has 0 aliphatic carbocycles. The molecule has 6 nitrogen and oxygen atoms in total. The number of nitrogens with zero attached hydrogens (tertiary/aromatic N) is 2. The van der Waals surface area contributed by atoms with E-state index in [9.17, 15) is 14.9 Å². The number of nitro benzene ring substituents is 1. The average Bonchev–Trinajstić information content (AvgIpc) is 3.05. The molecule has 0 radical (unpaired) electrons. The summed E-state index contributed by atoms with van der Waals surface area (Å²) < 4.78 is 7.26. The molecule has 0 saturated heterocycles. The predicted molar refractivity (Wildman–Crippen MR) is 101 cm³/mol. The Hall–Kier alpha value is -2.93. The zero-order valence-corrected chi connectivity index (χ0v) is 15.5. The van der Waals surface area contributed by atoms with Gasteiger partial charge in [-0.05, 0) is 23.8 Å². The lowest BCUT2D eigenvalue weighted by atomic mass is 10.1. The summed E-state index contributed by atoms with van der Waals surface area (Å²) in [6.45, 7) is 0.174. The Bertz CT molecular complexity index is 967. The molecule has 7 heteroatoms. The molecule has 0 aliphatic heterocycles. The van der Waals surface area contributed by atoms with Gasteiger partial charge in [0.25, 0.3) is 5.69 Å². The van der Waals surface area contributed by atoms with Gasteiger partial charge in [0.05, 0.1) is 24.1 Å².